The zero-order valence-electron chi connectivity index (χ0n) is 15.1. The number of aromatic nitrogens is 3. The number of hydrogen-bond acceptors (Lipinski definition) is 6. The molecule has 0 radical (unpaired) electrons. The maximum Gasteiger partial charge on any atom is 0.417 e. The van der Waals surface area contributed by atoms with E-state index in [2.05, 4.69) is 9.97 Å². The molecule has 0 aliphatic carbocycles. The van der Waals surface area contributed by atoms with Gasteiger partial charge in [-0.05, 0) is 23.6 Å². The molecule has 1 saturated heterocycles. The van der Waals surface area contributed by atoms with E-state index < -0.39 is 11.7 Å². The highest BCUT2D eigenvalue weighted by atomic mass is 32.1. The van der Waals surface area contributed by atoms with Gasteiger partial charge in [-0.1, -0.05) is 0 Å². The topological polar surface area (TPSA) is 71.3 Å². The van der Waals surface area contributed by atoms with Gasteiger partial charge in [-0.25, -0.2) is 9.97 Å². The number of alkyl halides is 3. The Balaban J connectivity index is 1.38. The van der Waals surface area contributed by atoms with E-state index in [-0.39, 0.29) is 18.0 Å². The van der Waals surface area contributed by atoms with Crippen LogP contribution in [-0.4, -0.2) is 51.5 Å². The first kappa shape index (κ1) is 19.4. The maximum absolute atomic E-state index is 12.7. The predicted molar refractivity (Wildman–Crippen MR) is 102 cm³/mol. The van der Waals surface area contributed by atoms with Crippen molar-refractivity contribution in [3.05, 3.63) is 52.0 Å². The van der Waals surface area contributed by atoms with Crippen LogP contribution >= 0.6 is 11.3 Å². The number of nitrogens with zero attached hydrogens (tertiary/aromatic N) is 5. The Kier molecular flexibility index (Phi) is 4.99. The molecule has 0 N–H and O–H groups in total. The van der Waals surface area contributed by atoms with Crippen LogP contribution in [0.15, 0.2) is 40.9 Å². The van der Waals surface area contributed by atoms with Gasteiger partial charge in [0.1, 0.15) is 17.2 Å². The van der Waals surface area contributed by atoms with Gasteiger partial charge in [-0.15, -0.1) is 11.3 Å². The van der Waals surface area contributed by atoms with Gasteiger partial charge in [0.2, 0.25) is 5.91 Å². The summed E-state index contributed by atoms with van der Waals surface area (Å²) < 4.78 is 39.2. The molecule has 7 nitrogen and oxygen atoms in total. The van der Waals surface area contributed by atoms with Crippen molar-refractivity contribution in [3.63, 3.8) is 0 Å². The Bertz CT molecular complexity index is 1090. The van der Waals surface area contributed by atoms with Gasteiger partial charge in [0.15, 0.2) is 0 Å². The molecule has 0 saturated carbocycles. The summed E-state index contributed by atoms with van der Waals surface area (Å²) in [7, 11) is 0. The molecule has 11 heteroatoms. The number of fused-ring (bicyclic) bond motifs is 1. The molecule has 1 aliphatic heterocycles. The molecule has 1 aliphatic rings. The Hall–Kier alpha value is -2.95. The van der Waals surface area contributed by atoms with E-state index in [1.807, 2.05) is 4.90 Å². The van der Waals surface area contributed by atoms with Gasteiger partial charge < -0.3 is 9.80 Å². The summed E-state index contributed by atoms with van der Waals surface area (Å²) in [5.41, 5.74) is -1.05. The van der Waals surface area contributed by atoms with E-state index in [1.54, 1.807) is 16.3 Å². The summed E-state index contributed by atoms with van der Waals surface area (Å²) in [5.74, 6) is 0.233. The van der Waals surface area contributed by atoms with E-state index in [9.17, 15) is 22.8 Å². The quantitative estimate of drug-likeness (QED) is 0.646. The molecule has 3 aromatic rings. The molecule has 0 spiro atoms. The lowest BCUT2D eigenvalue weighted by atomic mass is 10.2. The van der Waals surface area contributed by atoms with Crippen molar-refractivity contribution in [1.82, 2.24) is 19.4 Å². The second-order valence-corrected chi connectivity index (χ2v) is 7.48. The molecule has 152 valence electrons. The van der Waals surface area contributed by atoms with Crippen LogP contribution < -0.4 is 10.5 Å². The summed E-state index contributed by atoms with van der Waals surface area (Å²) in [6.45, 7) is 1.58. The van der Waals surface area contributed by atoms with Gasteiger partial charge in [0.25, 0.3) is 5.56 Å². The first-order valence-corrected chi connectivity index (χ1v) is 9.69. The monoisotopic (exact) mass is 423 g/mol. The summed E-state index contributed by atoms with van der Waals surface area (Å²) in [5, 5.41) is 2.27. The molecule has 1 fully saturated rings. The van der Waals surface area contributed by atoms with E-state index in [4.69, 9.17) is 0 Å². The largest absolute Gasteiger partial charge is 0.417 e. The van der Waals surface area contributed by atoms with Crippen molar-refractivity contribution in [2.45, 2.75) is 12.7 Å². The highest BCUT2D eigenvalue weighted by Gasteiger charge is 2.31. The van der Waals surface area contributed by atoms with Gasteiger partial charge >= 0.3 is 6.18 Å². The van der Waals surface area contributed by atoms with E-state index >= 15 is 0 Å². The number of piperazine rings is 1. The van der Waals surface area contributed by atoms with Crippen LogP contribution in [0.5, 0.6) is 0 Å². The van der Waals surface area contributed by atoms with Crippen molar-refractivity contribution < 1.29 is 18.0 Å². The third-order valence-corrected chi connectivity index (χ3v) is 5.61. The summed E-state index contributed by atoms with van der Waals surface area (Å²) in [4.78, 5) is 37.2. The average molecular weight is 423 g/mol. The van der Waals surface area contributed by atoms with E-state index in [0.29, 0.717) is 42.2 Å². The normalized spacial score (nSPS) is 15.1. The van der Waals surface area contributed by atoms with Crippen LogP contribution in [0.2, 0.25) is 0 Å². The molecule has 4 rings (SSSR count). The summed E-state index contributed by atoms with van der Waals surface area (Å²) in [6, 6.07) is 4.02. The SMILES string of the molecule is O=C(Cn1cnc2sccc2c1=O)N1CCN(c2ccc(C(F)(F)F)cn2)CC1. The van der Waals surface area contributed by atoms with Crippen molar-refractivity contribution in [3.8, 4) is 0 Å². The fourth-order valence-electron chi connectivity index (χ4n) is 3.18. The van der Waals surface area contributed by atoms with E-state index in [1.165, 1.54) is 28.3 Å². The highest BCUT2D eigenvalue weighted by Crippen LogP contribution is 2.29. The van der Waals surface area contributed by atoms with Crippen LogP contribution in [0.25, 0.3) is 10.2 Å². The number of hydrogen-bond donors (Lipinski definition) is 0. The van der Waals surface area contributed by atoms with Crippen LogP contribution in [0.1, 0.15) is 5.56 Å². The number of carbonyl (C=O) groups excluding carboxylic acids is 1. The Morgan fingerprint density at radius 1 is 1.10 bits per heavy atom. The van der Waals surface area contributed by atoms with Crippen LogP contribution in [0.3, 0.4) is 0 Å². The molecular weight excluding hydrogens is 407 g/mol. The Morgan fingerprint density at radius 2 is 1.86 bits per heavy atom. The molecule has 0 bridgehead atoms. The van der Waals surface area contributed by atoms with Crippen molar-refractivity contribution >= 4 is 33.3 Å². The number of rotatable bonds is 3. The molecule has 0 unspecified atom stereocenters. The third-order valence-electron chi connectivity index (χ3n) is 4.79. The number of anilines is 1. The number of pyridine rings is 1. The van der Waals surface area contributed by atoms with Crippen molar-refractivity contribution in [1.29, 1.82) is 0 Å². The van der Waals surface area contributed by atoms with Crippen LogP contribution in [0, 0.1) is 0 Å². The Morgan fingerprint density at radius 3 is 2.52 bits per heavy atom. The summed E-state index contributed by atoms with van der Waals surface area (Å²) >= 11 is 1.36. The van der Waals surface area contributed by atoms with Crippen molar-refractivity contribution in [2.75, 3.05) is 31.1 Å². The lowest BCUT2D eigenvalue weighted by molar-refractivity contribution is -0.138. The fourth-order valence-corrected chi connectivity index (χ4v) is 3.90. The minimum absolute atomic E-state index is 0.101. The standard InChI is InChI=1S/C18H16F3N5O2S/c19-18(20,21)12-1-2-14(22-9-12)24-4-6-25(7-5-24)15(27)10-26-11-23-16-13(17(26)28)3-8-29-16/h1-3,8-9,11H,4-7,10H2. The first-order valence-electron chi connectivity index (χ1n) is 8.81. The molecule has 4 heterocycles. The summed E-state index contributed by atoms with van der Waals surface area (Å²) in [6.07, 6.45) is -2.23. The lowest BCUT2D eigenvalue weighted by Gasteiger charge is -2.35. The minimum atomic E-state index is -4.42. The molecule has 1 amide bonds. The smallest absolute Gasteiger partial charge is 0.353 e. The molecule has 0 aromatic carbocycles. The van der Waals surface area contributed by atoms with Gasteiger partial charge in [0.05, 0.1) is 17.3 Å². The van der Waals surface area contributed by atoms with Crippen LogP contribution in [0.4, 0.5) is 19.0 Å². The predicted octanol–water partition coefficient (Wildman–Crippen LogP) is 2.22. The van der Waals surface area contributed by atoms with Crippen molar-refractivity contribution in [2.24, 2.45) is 0 Å². The Labute approximate surface area is 167 Å². The lowest BCUT2D eigenvalue weighted by Crippen LogP contribution is -2.50. The minimum Gasteiger partial charge on any atom is -0.353 e. The highest BCUT2D eigenvalue weighted by molar-refractivity contribution is 7.16. The van der Waals surface area contributed by atoms with E-state index in [0.717, 1.165) is 12.3 Å². The molecule has 29 heavy (non-hydrogen) atoms. The second kappa shape index (κ2) is 7.47. The van der Waals surface area contributed by atoms with Gasteiger partial charge in [-0.3, -0.25) is 14.2 Å². The second-order valence-electron chi connectivity index (χ2n) is 6.59. The van der Waals surface area contributed by atoms with Gasteiger partial charge in [0, 0.05) is 32.4 Å². The zero-order chi connectivity index (χ0) is 20.6. The number of amides is 1. The van der Waals surface area contributed by atoms with Gasteiger partial charge in [-0.2, -0.15) is 13.2 Å². The zero-order valence-corrected chi connectivity index (χ0v) is 15.9. The number of thiophene rings is 1. The average Bonchev–Trinajstić information content (AvgIpc) is 3.19. The maximum atomic E-state index is 12.7. The van der Waals surface area contributed by atoms with Crippen LogP contribution in [-0.2, 0) is 17.5 Å². The third kappa shape index (κ3) is 3.95. The first-order chi connectivity index (χ1) is 13.8. The number of carbonyl (C=O) groups is 1. The molecule has 3 aromatic heterocycles. The molecule has 0 atom stereocenters. The molecular formula is C18H16F3N5O2S. The fraction of sp³-hybridized carbons (Fsp3) is 0.333. The number of halogens is 3.